The summed E-state index contributed by atoms with van der Waals surface area (Å²) in [4.78, 5) is 35.7. The Morgan fingerprint density at radius 3 is 2.55 bits per heavy atom. The number of pyridine rings is 2. The summed E-state index contributed by atoms with van der Waals surface area (Å²) in [7, 11) is 1.59. The maximum absolute atomic E-state index is 12.7. The van der Waals surface area contributed by atoms with Gasteiger partial charge in [0.15, 0.2) is 0 Å². The van der Waals surface area contributed by atoms with Crippen LogP contribution in [0, 0.1) is 0 Å². The van der Waals surface area contributed by atoms with Crippen LogP contribution in [0.15, 0.2) is 24.5 Å². The summed E-state index contributed by atoms with van der Waals surface area (Å²) in [5.74, 6) is 1.33. The first-order chi connectivity index (χ1) is 18.1. The molecule has 2 amide bonds. The second-order valence-corrected chi connectivity index (χ2v) is 10.9. The molecular formula is C27H35ClN4O6. The Kier molecular flexibility index (Phi) is 8.94. The largest absolute Gasteiger partial charge is 0.495 e. The minimum Gasteiger partial charge on any atom is -0.495 e. The van der Waals surface area contributed by atoms with Gasteiger partial charge in [-0.25, -0.2) is 9.78 Å². The van der Waals surface area contributed by atoms with Gasteiger partial charge >= 0.3 is 6.09 Å². The molecule has 1 N–H and O–H groups in total. The summed E-state index contributed by atoms with van der Waals surface area (Å²) in [5, 5.41) is 3.16. The molecule has 11 heteroatoms. The molecule has 2 saturated heterocycles. The average Bonchev–Trinajstić information content (AvgIpc) is 3.38. The lowest BCUT2D eigenvalue weighted by molar-refractivity contribution is -0.115. The zero-order chi connectivity index (χ0) is 27.3. The van der Waals surface area contributed by atoms with Gasteiger partial charge in [0.2, 0.25) is 5.91 Å². The number of nitrogens with zero attached hydrogens (tertiary/aromatic N) is 3. The Bertz CT molecular complexity index is 1140. The normalized spacial score (nSPS) is 18.2. The first kappa shape index (κ1) is 27.9. The number of piperidine rings is 1. The van der Waals surface area contributed by atoms with Crippen LogP contribution in [0.2, 0.25) is 5.02 Å². The maximum Gasteiger partial charge on any atom is 0.410 e. The molecule has 206 valence electrons. The summed E-state index contributed by atoms with van der Waals surface area (Å²) in [6.07, 6.45) is 5.17. The molecule has 0 aromatic carbocycles. The molecule has 2 fully saturated rings. The number of anilines is 1. The van der Waals surface area contributed by atoms with Gasteiger partial charge in [0.05, 0.1) is 38.6 Å². The fourth-order valence-electron chi connectivity index (χ4n) is 4.46. The van der Waals surface area contributed by atoms with Crippen LogP contribution in [-0.4, -0.2) is 72.0 Å². The van der Waals surface area contributed by atoms with Gasteiger partial charge in [-0.3, -0.25) is 9.78 Å². The summed E-state index contributed by atoms with van der Waals surface area (Å²) in [5.41, 5.74) is 1.02. The average molecular weight is 547 g/mol. The Balaban J connectivity index is 1.34. The molecule has 10 nitrogen and oxygen atoms in total. The number of halogens is 1. The zero-order valence-electron chi connectivity index (χ0n) is 22.3. The summed E-state index contributed by atoms with van der Waals surface area (Å²) in [6.45, 7) is 7.91. The van der Waals surface area contributed by atoms with Crippen molar-refractivity contribution >= 4 is 29.4 Å². The molecule has 0 aliphatic carbocycles. The second kappa shape index (κ2) is 12.2. The Morgan fingerprint density at radius 2 is 1.89 bits per heavy atom. The number of hydrogen-bond donors (Lipinski definition) is 1. The molecule has 2 aromatic heterocycles. The third kappa shape index (κ3) is 7.48. The molecule has 0 saturated carbocycles. The molecule has 0 spiro atoms. The topological polar surface area (TPSA) is 112 Å². The van der Waals surface area contributed by atoms with Crippen molar-refractivity contribution < 1.29 is 28.5 Å². The van der Waals surface area contributed by atoms with E-state index in [2.05, 4.69) is 15.3 Å². The van der Waals surface area contributed by atoms with Crippen molar-refractivity contribution in [1.29, 1.82) is 0 Å². The number of amides is 2. The first-order valence-corrected chi connectivity index (χ1v) is 13.2. The summed E-state index contributed by atoms with van der Waals surface area (Å²) < 4.78 is 22.3. The standard InChI is InChI=1S/C27H35ClN4O6/c1-27(2,3)38-26(34)32-8-5-18(6-9-32)25-22(35-4)11-17(14-30-25)12-24(33)31-23-13-21(20(28)15-29-23)37-19-7-10-36-16-19/h11,13-15,18-19H,5-10,12,16H2,1-4H3,(H,29,31,33)/t19-/m1/s1. The number of nitrogens with one attached hydrogen (secondary N) is 1. The van der Waals surface area contributed by atoms with Gasteiger partial charge in [0.1, 0.15) is 34.0 Å². The van der Waals surface area contributed by atoms with Crippen LogP contribution in [0.3, 0.4) is 0 Å². The number of aromatic nitrogens is 2. The van der Waals surface area contributed by atoms with Crippen LogP contribution in [-0.2, 0) is 20.7 Å². The molecule has 0 unspecified atom stereocenters. The first-order valence-electron chi connectivity index (χ1n) is 12.8. The van der Waals surface area contributed by atoms with E-state index in [1.54, 1.807) is 24.3 Å². The molecule has 2 aliphatic heterocycles. The van der Waals surface area contributed by atoms with Crippen LogP contribution in [0.4, 0.5) is 10.6 Å². The number of methoxy groups -OCH3 is 1. The van der Waals surface area contributed by atoms with Crippen molar-refractivity contribution in [3.05, 3.63) is 40.8 Å². The molecule has 0 radical (unpaired) electrons. The second-order valence-electron chi connectivity index (χ2n) is 10.5. The molecule has 2 aliphatic rings. The van der Waals surface area contributed by atoms with E-state index in [-0.39, 0.29) is 30.4 Å². The monoisotopic (exact) mass is 546 g/mol. The number of ether oxygens (including phenoxy) is 4. The third-order valence-corrected chi connectivity index (χ3v) is 6.61. The predicted octanol–water partition coefficient (Wildman–Crippen LogP) is 4.60. The van der Waals surface area contributed by atoms with Gasteiger partial charge in [-0.2, -0.15) is 0 Å². The highest BCUT2D eigenvalue weighted by Gasteiger charge is 2.29. The van der Waals surface area contributed by atoms with Crippen molar-refractivity contribution in [2.45, 2.75) is 64.1 Å². The fraction of sp³-hybridized carbons (Fsp3) is 0.556. The van der Waals surface area contributed by atoms with Crippen LogP contribution >= 0.6 is 11.6 Å². The molecule has 38 heavy (non-hydrogen) atoms. The van der Waals surface area contributed by atoms with Gasteiger partial charge in [0, 0.05) is 37.7 Å². The Labute approximate surface area is 228 Å². The molecule has 1 atom stereocenters. The third-order valence-electron chi connectivity index (χ3n) is 6.33. The number of carbonyl (C=O) groups is 2. The van der Waals surface area contributed by atoms with E-state index < -0.39 is 5.60 Å². The fourth-order valence-corrected chi connectivity index (χ4v) is 4.61. The number of hydrogen-bond acceptors (Lipinski definition) is 8. The summed E-state index contributed by atoms with van der Waals surface area (Å²) >= 11 is 6.21. The Hall–Kier alpha value is -3.11. The lowest BCUT2D eigenvalue weighted by Gasteiger charge is -2.33. The highest BCUT2D eigenvalue weighted by atomic mass is 35.5. The van der Waals surface area contributed by atoms with E-state index in [1.807, 2.05) is 26.8 Å². The van der Waals surface area contributed by atoms with E-state index in [0.29, 0.717) is 54.2 Å². The Morgan fingerprint density at radius 1 is 1.13 bits per heavy atom. The van der Waals surface area contributed by atoms with E-state index in [0.717, 1.165) is 25.0 Å². The van der Waals surface area contributed by atoms with Gasteiger partial charge in [0.25, 0.3) is 0 Å². The number of likely N-dealkylation sites (tertiary alicyclic amines) is 1. The van der Waals surface area contributed by atoms with Crippen LogP contribution in [0.25, 0.3) is 0 Å². The van der Waals surface area contributed by atoms with E-state index in [9.17, 15) is 9.59 Å². The predicted molar refractivity (Wildman–Crippen MR) is 142 cm³/mol. The summed E-state index contributed by atoms with van der Waals surface area (Å²) in [6, 6.07) is 3.45. The lowest BCUT2D eigenvalue weighted by atomic mass is 9.92. The van der Waals surface area contributed by atoms with Crippen molar-refractivity contribution in [3.63, 3.8) is 0 Å². The maximum atomic E-state index is 12.7. The van der Waals surface area contributed by atoms with Crippen LogP contribution in [0.5, 0.6) is 11.5 Å². The van der Waals surface area contributed by atoms with Crippen molar-refractivity contribution in [2.75, 3.05) is 38.7 Å². The van der Waals surface area contributed by atoms with Crippen LogP contribution in [0.1, 0.15) is 57.2 Å². The highest BCUT2D eigenvalue weighted by Crippen LogP contribution is 2.34. The van der Waals surface area contributed by atoms with Gasteiger partial charge < -0.3 is 29.2 Å². The molecule has 2 aromatic rings. The smallest absolute Gasteiger partial charge is 0.410 e. The number of carbonyl (C=O) groups excluding carboxylic acids is 2. The van der Waals surface area contributed by atoms with E-state index in [1.165, 1.54) is 6.20 Å². The molecule has 4 heterocycles. The number of rotatable bonds is 7. The van der Waals surface area contributed by atoms with Gasteiger partial charge in [-0.1, -0.05) is 11.6 Å². The van der Waals surface area contributed by atoms with Crippen molar-refractivity contribution in [2.24, 2.45) is 0 Å². The quantitative estimate of drug-likeness (QED) is 0.536. The molecule has 4 rings (SSSR count). The molecular weight excluding hydrogens is 512 g/mol. The van der Waals surface area contributed by atoms with Gasteiger partial charge in [-0.05, 0) is 45.2 Å². The van der Waals surface area contributed by atoms with Gasteiger partial charge in [-0.15, -0.1) is 0 Å². The highest BCUT2D eigenvalue weighted by molar-refractivity contribution is 6.32. The van der Waals surface area contributed by atoms with Crippen LogP contribution < -0.4 is 14.8 Å². The minimum absolute atomic E-state index is 0.0694. The van der Waals surface area contributed by atoms with E-state index in [4.69, 9.17) is 30.5 Å². The minimum atomic E-state index is -0.522. The van der Waals surface area contributed by atoms with Crippen molar-refractivity contribution in [1.82, 2.24) is 14.9 Å². The SMILES string of the molecule is COc1cc(CC(=O)Nc2cc(O[C@@H]3CCOC3)c(Cl)cn2)cnc1C1CCN(C(=O)OC(C)(C)C)CC1. The van der Waals surface area contributed by atoms with E-state index >= 15 is 0 Å². The zero-order valence-corrected chi connectivity index (χ0v) is 23.0. The molecule has 0 bridgehead atoms. The van der Waals surface area contributed by atoms with Crippen molar-refractivity contribution in [3.8, 4) is 11.5 Å². The lowest BCUT2D eigenvalue weighted by Crippen LogP contribution is -2.41.